The maximum absolute atomic E-state index is 6.90. The fraction of sp³-hybridized carbons (Fsp3) is 0.194. The van der Waals surface area contributed by atoms with E-state index in [0.717, 1.165) is 83.5 Å². The van der Waals surface area contributed by atoms with Crippen LogP contribution in [0.2, 0.25) is 0 Å². The first-order valence-electron chi connectivity index (χ1n) is 24.1. The van der Waals surface area contributed by atoms with E-state index < -0.39 is 0 Å². The van der Waals surface area contributed by atoms with Gasteiger partial charge in [0.2, 0.25) is 0 Å². The first kappa shape index (κ1) is 40.8. The van der Waals surface area contributed by atoms with E-state index in [-0.39, 0.29) is 23.0 Å². The smallest absolute Gasteiger partial charge is 0.252 e. The van der Waals surface area contributed by atoms with Gasteiger partial charge in [-0.15, -0.1) is 0 Å². The Morgan fingerprint density at radius 3 is 1.63 bits per heavy atom. The quantitative estimate of drug-likeness (QED) is 0.165. The molecule has 0 radical (unpaired) electrons. The lowest BCUT2D eigenvalue weighted by atomic mass is 9.33. The molecule has 5 nitrogen and oxygen atoms in total. The molecule has 0 atom stereocenters. The second-order valence-electron chi connectivity index (χ2n) is 22.2. The van der Waals surface area contributed by atoms with Crippen LogP contribution in [0.5, 0.6) is 0 Å². The fourth-order valence-electron chi connectivity index (χ4n) is 11.3. The molecule has 332 valence electrons. The highest BCUT2D eigenvalue weighted by atomic mass is 16.3. The van der Waals surface area contributed by atoms with Crippen molar-refractivity contribution in [2.75, 3.05) is 9.80 Å². The van der Waals surface area contributed by atoms with Crippen LogP contribution in [0.15, 0.2) is 173 Å². The van der Waals surface area contributed by atoms with Crippen LogP contribution in [-0.4, -0.2) is 11.3 Å². The predicted molar refractivity (Wildman–Crippen MR) is 288 cm³/mol. The van der Waals surface area contributed by atoms with Crippen molar-refractivity contribution >= 4 is 112 Å². The van der Waals surface area contributed by atoms with Gasteiger partial charge in [-0.3, -0.25) is 0 Å². The van der Waals surface area contributed by atoms with Crippen LogP contribution in [0, 0.1) is 0 Å². The van der Waals surface area contributed by atoms with Gasteiger partial charge in [0, 0.05) is 44.6 Å². The SMILES string of the molecule is CC(C)(C)c1ccc(N(c2ccc(C(C)(C)C)cc2)c2cc3c4c(c2)-n2c5c(cccc5c5oc6ccccc6c52)B4c2ccc(C(C)(C)C)cc2N3c2cccc3oc4ccccc4c23)cc1. The van der Waals surface area contributed by atoms with Gasteiger partial charge < -0.3 is 23.2 Å². The van der Waals surface area contributed by atoms with Crippen LogP contribution in [-0.2, 0) is 16.2 Å². The molecule has 0 N–H and O–H groups in total. The molecule has 0 fully saturated rings. The molecule has 0 spiro atoms. The summed E-state index contributed by atoms with van der Waals surface area (Å²) in [5, 5.41) is 4.43. The normalized spacial score (nSPS) is 13.6. The van der Waals surface area contributed by atoms with Crippen molar-refractivity contribution in [2.45, 2.75) is 78.6 Å². The summed E-state index contributed by atoms with van der Waals surface area (Å²) in [7, 11) is 0. The lowest BCUT2D eigenvalue weighted by Crippen LogP contribution is -2.60. The Kier molecular flexibility index (Phi) is 8.43. The molecule has 0 amide bonds. The summed E-state index contributed by atoms with van der Waals surface area (Å²) in [5.41, 5.74) is 21.3. The Balaban J connectivity index is 1.20. The number of nitrogens with zero attached hydrogens (tertiary/aromatic N) is 3. The molecule has 2 aliphatic rings. The average molecular weight is 884 g/mol. The Morgan fingerprint density at radius 2 is 0.971 bits per heavy atom. The third kappa shape index (κ3) is 5.89. The van der Waals surface area contributed by atoms with Crippen LogP contribution in [0.1, 0.15) is 79.0 Å². The average Bonchev–Trinajstić information content (AvgIpc) is 3.99. The van der Waals surface area contributed by atoms with Crippen molar-refractivity contribution in [1.82, 2.24) is 4.57 Å². The Bertz CT molecular complexity index is 3810. The molecule has 68 heavy (non-hydrogen) atoms. The monoisotopic (exact) mass is 883 g/mol. The van der Waals surface area contributed by atoms with E-state index in [2.05, 4.69) is 240 Å². The maximum Gasteiger partial charge on any atom is 0.252 e. The Labute approximate surface area is 398 Å². The molecule has 8 aromatic carbocycles. The summed E-state index contributed by atoms with van der Waals surface area (Å²) in [5.74, 6) is 0. The second kappa shape index (κ2) is 14.1. The summed E-state index contributed by atoms with van der Waals surface area (Å²) >= 11 is 0. The van der Waals surface area contributed by atoms with Gasteiger partial charge in [0.15, 0.2) is 5.58 Å². The van der Waals surface area contributed by atoms with Gasteiger partial charge in [0.25, 0.3) is 6.71 Å². The highest BCUT2D eigenvalue weighted by Gasteiger charge is 2.44. The molecule has 11 aromatic rings. The van der Waals surface area contributed by atoms with E-state index in [1.54, 1.807) is 0 Å². The minimum Gasteiger partial charge on any atom is -0.456 e. The van der Waals surface area contributed by atoms with Crippen LogP contribution < -0.4 is 26.2 Å². The number of aromatic nitrogens is 1. The van der Waals surface area contributed by atoms with Crippen molar-refractivity contribution in [3.63, 3.8) is 0 Å². The van der Waals surface area contributed by atoms with Crippen LogP contribution in [0.25, 0.3) is 60.6 Å². The van der Waals surface area contributed by atoms with Gasteiger partial charge >= 0.3 is 0 Å². The van der Waals surface area contributed by atoms with Crippen LogP contribution in [0.4, 0.5) is 34.1 Å². The molecule has 0 saturated heterocycles. The second-order valence-corrected chi connectivity index (χ2v) is 22.2. The molecule has 0 unspecified atom stereocenters. The van der Waals surface area contributed by atoms with E-state index in [1.807, 2.05) is 0 Å². The first-order valence-corrected chi connectivity index (χ1v) is 24.1. The molecule has 0 aliphatic carbocycles. The minimum absolute atomic E-state index is 0.00667. The number of anilines is 6. The molecule has 0 saturated carbocycles. The van der Waals surface area contributed by atoms with Gasteiger partial charge in [0.05, 0.1) is 22.3 Å². The van der Waals surface area contributed by atoms with Crippen molar-refractivity contribution in [2.24, 2.45) is 0 Å². The Hall–Kier alpha value is -7.44. The zero-order chi connectivity index (χ0) is 46.6. The van der Waals surface area contributed by atoms with Crippen LogP contribution >= 0.6 is 0 Å². The fourth-order valence-corrected chi connectivity index (χ4v) is 11.3. The van der Waals surface area contributed by atoms with Crippen LogP contribution in [0.3, 0.4) is 0 Å². The highest BCUT2D eigenvalue weighted by Crippen LogP contribution is 2.50. The van der Waals surface area contributed by atoms with E-state index in [9.17, 15) is 0 Å². The summed E-state index contributed by atoms with van der Waals surface area (Å²) in [6.45, 7) is 20.6. The molecule has 6 heteroatoms. The van der Waals surface area contributed by atoms with Gasteiger partial charge in [0.1, 0.15) is 22.3 Å². The highest BCUT2D eigenvalue weighted by molar-refractivity contribution is 7.00. The number of fused-ring (bicyclic) bond motifs is 12. The van der Waals surface area contributed by atoms with Gasteiger partial charge in [-0.05, 0) is 128 Å². The van der Waals surface area contributed by atoms with Gasteiger partial charge in [-0.1, -0.05) is 147 Å². The largest absolute Gasteiger partial charge is 0.456 e. The van der Waals surface area contributed by atoms with E-state index in [0.29, 0.717) is 0 Å². The summed E-state index contributed by atoms with van der Waals surface area (Å²) < 4.78 is 16.1. The summed E-state index contributed by atoms with van der Waals surface area (Å²) in [4.78, 5) is 5.03. The molecule has 0 bridgehead atoms. The number of rotatable bonds is 4. The van der Waals surface area contributed by atoms with Gasteiger partial charge in [-0.2, -0.15) is 0 Å². The van der Waals surface area contributed by atoms with E-state index >= 15 is 0 Å². The zero-order valence-corrected chi connectivity index (χ0v) is 40.3. The topological polar surface area (TPSA) is 37.7 Å². The third-order valence-corrected chi connectivity index (χ3v) is 14.8. The first-order chi connectivity index (χ1) is 32.6. The number of hydrogen-bond acceptors (Lipinski definition) is 4. The lowest BCUT2D eigenvalue weighted by Gasteiger charge is -2.42. The number of furan rings is 2. The Morgan fingerprint density at radius 1 is 0.412 bits per heavy atom. The molecule has 13 rings (SSSR count). The predicted octanol–water partition coefficient (Wildman–Crippen LogP) is 15.4. The van der Waals surface area contributed by atoms with E-state index in [1.165, 1.54) is 44.3 Å². The van der Waals surface area contributed by atoms with Crippen molar-refractivity contribution in [3.8, 4) is 5.69 Å². The van der Waals surface area contributed by atoms with Crippen molar-refractivity contribution < 1.29 is 8.83 Å². The van der Waals surface area contributed by atoms with Gasteiger partial charge in [-0.25, -0.2) is 0 Å². The molecule has 5 heterocycles. The van der Waals surface area contributed by atoms with Crippen molar-refractivity contribution in [1.29, 1.82) is 0 Å². The standard InChI is InChI=1S/C62H54BN3O2/c1-60(2,3)37-24-29-40(30-25-37)64(41-31-26-38(27-32-41)61(4,5)6)42-35-50-56-51(36-42)66-57-45(59-58(66)44-17-11-13-22-53(44)68-59)18-14-19-47(57)63(56)46-33-28-39(62(7,8)9)34-49(46)65(50)48-20-15-23-54-55(48)43-16-10-12-21-52(43)67-54/h10-36H,1-9H3. The number of para-hydroxylation sites is 3. The summed E-state index contributed by atoms with van der Waals surface area (Å²) in [6.07, 6.45) is 0. The molecular weight excluding hydrogens is 830 g/mol. The third-order valence-electron chi connectivity index (χ3n) is 14.8. The molecule has 2 aliphatic heterocycles. The lowest BCUT2D eigenvalue weighted by molar-refractivity contribution is 0.590. The van der Waals surface area contributed by atoms with E-state index in [4.69, 9.17) is 8.83 Å². The maximum atomic E-state index is 6.90. The zero-order valence-electron chi connectivity index (χ0n) is 40.3. The summed E-state index contributed by atoms with van der Waals surface area (Å²) in [6, 6.07) is 61.0. The number of hydrogen-bond donors (Lipinski definition) is 0. The number of benzene rings is 8. The molecular formula is C62H54BN3O2. The van der Waals surface area contributed by atoms with Crippen molar-refractivity contribution in [3.05, 3.63) is 180 Å². The minimum atomic E-state index is -0.0929. The molecule has 3 aromatic heterocycles.